The van der Waals surface area contributed by atoms with Gasteiger partial charge in [0.1, 0.15) is 18.1 Å². The average molecular weight is 561 g/mol. The van der Waals surface area contributed by atoms with Gasteiger partial charge in [-0.3, -0.25) is 9.78 Å². The van der Waals surface area contributed by atoms with E-state index in [0.717, 1.165) is 18.2 Å². The predicted molar refractivity (Wildman–Crippen MR) is 124 cm³/mol. The van der Waals surface area contributed by atoms with Crippen molar-refractivity contribution in [2.45, 2.75) is 18.8 Å². The number of fused-ring (bicyclic) bond motifs is 1. The fraction of sp³-hybridized carbons (Fsp3) is 0.136. The van der Waals surface area contributed by atoms with Crippen molar-refractivity contribution >= 4 is 46.5 Å². The number of benzene rings is 2. The minimum absolute atomic E-state index is 0.0311. The van der Waals surface area contributed by atoms with Gasteiger partial charge in [-0.05, 0) is 35.9 Å². The van der Waals surface area contributed by atoms with E-state index in [0.29, 0.717) is 5.56 Å². The van der Waals surface area contributed by atoms with Gasteiger partial charge < -0.3 is 30.6 Å². The summed E-state index contributed by atoms with van der Waals surface area (Å²) in [4.78, 5) is 27.6. The summed E-state index contributed by atoms with van der Waals surface area (Å²) in [7, 11) is 0. The first-order chi connectivity index (χ1) is 17.3. The summed E-state index contributed by atoms with van der Waals surface area (Å²) in [5.74, 6) is -1.93. The van der Waals surface area contributed by atoms with Crippen LogP contribution in [-0.4, -0.2) is 29.1 Å². The van der Waals surface area contributed by atoms with Gasteiger partial charge in [0.15, 0.2) is 11.5 Å². The Morgan fingerprint density at radius 2 is 1.65 bits per heavy atom. The van der Waals surface area contributed by atoms with Crippen LogP contribution in [-0.2, 0) is 6.61 Å². The van der Waals surface area contributed by atoms with Gasteiger partial charge in [0, 0.05) is 24.0 Å². The number of halogens is 6. The second-order valence-corrected chi connectivity index (χ2v) is 8.26. The number of nitrogens with one attached hydrogen (secondary N) is 2. The first-order valence-electron chi connectivity index (χ1n) is 10.1. The van der Waals surface area contributed by atoms with Crippen LogP contribution in [0, 0.1) is 0 Å². The number of ether oxygens (including phenoxy) is 3. The number of urea groups is 1. The van der Waals surface area contributed by atoms with Crippen LogP contribution in [0.15, 0.2) is 48.7 Å². The van der Waals surface area contributed by atoms with Crippen molar-refractivity contribution in [3.63, 3.8) is 0 Å². The normalized spacial score (nSPS) is 15.0. The summed E-state index contributed by atoms with van der Waals surface area (Å²) in [6.07, 6.45) is -8.39. The van der Waals surface area contributed by atoms with Gasteiger partial charge in [-0.25, -0.2) is 4.79 Å². The number of nitrogens with zero attached hydrogens (tertiary/aromatic N) is 1. The molecule has 0 bridgehead atoms. The SMILES string of the molecule is NC(=O)c1cc(COc2cc(NC(=O)Nc3ccc4c(c3)OC(F)(F)C(F)(F)O4)c(Cl)cc2Cl)ccn1. The molecule has 0 unspecified atom stereocenters. The van der Waals surface area contributed by atoms with E-state index in [-0.39, 0.29) is 39.5 Å². The summed E-state index contributed by atoms with van der Waals surface area (Å²) in [5.41, 5.74) is 5.79. The molecule has 0 atom stereocenters. The van der Waals surface area contributed by atoms with Gasteiger partial charge in [-0.2, -0.15) is 17.6 Å². The maximum absolute atomic E-state index is 13.4. The Kier molecular flexibility index (Phi) is 6.93. The third kappa shape index (κ3) is 5.73. The quantitative estimate of drug-likeness (QED) is 0.334. The van der Waals surface area contributed by atoms with Gasteiger partial charge in [-0.15, -0.1) is 0 Å². The minimum atomic E-state index is -4.91. The first kappa shape index (κ1) is 26.1. The van der Waals surface area contributed by atoms with Crippen LogP contribution >= 0.6 is 23.2 Å². The number of nitrogens with two attached hydrogens (primary N) is 1. The van der Waals surface area contributed by atoms with E-state index >= 15 is 0 Å². The van der Waals surface area contributed by atoms with Gasteiger partial charge in [0.05, 0.1) is 15.7 Å². The number of amides is 3. The van der Waals surface area contributed by atoms with E-state index in [1.54, 1.807) is 6.07 Å². The Labute approximate surface area is 215 Å². The van der Waals surface area contributed by atoms with Crippen LogP contribution in [0.2, 0.25) is 10.0 Å². The summed E-state index contributed by atoms with van der Waals surface area (Å²) in [5, 5.41) is 4.90. The number of aromatic nitrogens is 1. The zero-order valence-electron chi connectivity index (χ0n) is 18.2. The van der Waals surface area contributed by atoms with Gasteiger partial charge in [-0.1, -0.05) is 23.2 Å². The summed E-state index contributed by atoms with van der Waals surface area (Å²) < 4.78 is 67.1. The lowest BCUT2D eigenvalue weighted by Crippen LogP contribution is -2.52. The molecule has 0 saturated heterocycles. The standard InChI is InChI=1S/C22H14Cl2F4N4O5/c23-12-7-13(24)17(35-9-10-3-4-30-15(5-10)19(29)33)8-14(12)32-20(34)31-11-1-2-16-18(6-11)37-22(27,28)21(25,26)36-16/h1-8H,9H2,(H2,29,33)(H2,31,32,34). The molecule has 3 amide bonds. The maximum Gasteiger partial charge on any atom is 0.507 e. The molecule has 3 aromatic rings. The van der Waals surface area contributed by atoms with Crippen LogP contribution < -0.4 is 30.6 Å². The van der Waals surface area contributed by atoms with Crippen LogP contribution in [0.4, 0.5) is 33.7 Å². The molecule has 2 heterocycles. The van der Waals surface area contributed by atoms with Crippen molar-refractivity contribution in [1.29, 1.82) is 0 Å². The number of pyridine rings is 1. The number of anilines is 2. The Bertz CT molecular complexity index is 1390. The highest BCUT2D eigenvalue weighted by molar-refractivity contribution is 6.37. The molecule has 4 N–H and O–H groups in total. The maximum atomic E-state index is 13.4. The highest BCUT2D eigenvalue weighted by Crippen LogP contribution is 2.47. The van der Waals surface area contributed by atoms with E-state index in [1.165, 1.54) is 24.4 Å². The fourth-order valence-corrected chi connectivity index (χ4v) is 3.51. The van der Waals surface area contributed by atoms with Crippen molar-refractivity contribution < 1.29 is 41.4 Å². The highest BCUT2D eigenvalue weighted by Gasteiger charge is 2.65. The van der Waals surface area contributed by atoms with Crippen LogP contribution in [0.25, 0.3) is 0 Å². The molecular weight excluding hydrogens is 547 g/mol. The topological polar surface area (TPSA) is 125 Å². The lowest BCUT2D eigenvalue weighted by atomic mass is 10.2. The number of carbonyl (C=O) groups is 2. The van der Waals surface area contributed by atoms with Crippen LogP contribution in [0.3, 0.4) is 0 Å². The molecule has 2 aromatic carbocycles. The monoisotopic (exact) mass is 560 g/mol. The Balaban J connectivity index is 1.45. The molecular formula is C22H14Cl2F4N4O5. The molecule has 0 saturated carbocycles. The average Bonchev–Trinajstić information content (AvgIpc) is 2.81. The molecule has 194 valence electrons. The summed E-state index contributed by atoms with van der Waals surface area (Å²) in [6, 6.07) is 7.73. The molecule has 1 aliphatic heterocycles. The van der Waals surface area contributed by atoms with E-state index in [4.69, 9.17) is 33.7 Å². The molecule has 4 rings (SSSR count). The molecule has 9 nitrogen and oxygen atoms in total. The van der Waals surface area contributed by atoms with Gasteiger partial charge >= 0.3 is 18.2 Å². The minimum Gasteiger partial charge on any atom is -0.487 e. The van der Waals surface area contributed by atoms with Crippen LogP contribution in [0.1, 0.15) is 16.1 Å². The Morgan fingerprint density at radius 1 is 0.946 bits per heavy atom. The largest absolute Gasteiger partial charge is 0.507 e. The fourth-order valence-electron chi connectivity index (χ4n) is 3.03. The molecule has 37 heavy (non-hydrogen) atoms. The Morgan fingerprint density at radius 3 is 2.35 bits per heavy atom. The second-order valence-electron chi connectivity index (χ2n) is 7.44. The molecule has 0 spiro atoms. The summed E-state index contributed by atoms with van der Waals surface area (Å²) in [6.45, 7) is -0.0311. The van der Waals surface area contributed by atoms with Crippen molar-refractivity contribution in [2.24, 2.45) is 5.73 Å². The van der Waals surface area contributed by atoms with Crippen molar-refractivity contribution in [3.8, 4) is 17.2 Å². The van der Waals surface area contributed by atoms with E-state index in [9.17, 15) is 27.2 Å². The molecule has 1 aliphatic rings. The zero-order chi connectivity index (χ0) is 27.0. The Hall–Kier alpha value is -3.97. The number of hydrogen-bond acceptors (Lipinski definition) is 6. The van der Waals surface area contributed by atoms with E-state index < -0.39 is 35.7 Å². The number of alkyl halides is 4. The zero-order valence-corrected chi connectivity index (χ0v) is 19.7. The van der Waals surface area contributed by atoms with Gasteiger partial charge in [0.2, 0.25) is 0 Å². The van der Waals surface area contributed by atoms with E-state index in [2.05, 4.69) is 25.1 Å². The molecule has 15 heteroatoms. The number of hydrogen-bond donors (Lipinski definition) is 3. The lowest BCUT2D eigenvalue weighted by molar-refractivity contribution is -0.391. The molecule has 0 aliphatic carbocycles. The summed E-state index contributed by atoms with van der Waals surface area (Å²) >= 11 is 12.3. The molecule has 1 aromatic heterocycles. The van der Waals surface area contributed by atoms with Crippen molar-refractivity contribution in [1.82, 2.24) is 4.98 Å². The molecule has 0 fully saturated rings. The second kappa shape index (κ2) is 9.82. The predicted octanol–water partition coefficient (Wildman–Crippen LogP) is 5.67. The smallest absolute Gasteiger partial charge is 0.487 e. The van der Waals surface area contributed by atoms with Crippen molar-refractivity contribution in [2.75, 3.05) is 10.6 Å². The van der Waals surface area contributed by atoms with E-state index in [1.807, 2.05) is 0 Å². The third-order valence-corrected chi connectivity index (χ3v) is 5.37. The molecule has 0 radical (unpaired) electrons. The number of rotatable bonds is 6. The highest BCUT2D eigenvalue weighted by atomic mass is 35.5. The number of primary amides is 1. The van der Waals surface area contributed by atoms with Crippen molar-refractivity contribution in [3.05, 3.63) is 70.0 Å². The first-order valence-corrected chi connectivity index (χ1v) is 10.8. The lowest BCUT2D eigenvalue weighted by Gasteiger charge is -2.31. The number of carbonyl (C=O) groups excluding carboxylic acids is 2. The third-order valence-electron chi connectivity index (χ3n) is 4.76. The van der Waals surface area contributed by atoms with Gasteiger partial charge in [0.25, 0.3) is 5.91 Å². The van der Waals surface area contributed by atoms with Crippen LogP contribution in [0.5, 0.6) is 17.2 Å².